The maximum Gasteiger partial charge on any atom is 0.253 e. The summed E-state index contributed by atoms with van der Waals surface area (Å²) in [6.07, 6.45) is 11.7. The number of rotatable bonds is 3. The topological polar surface area (TPSA) is 43.9 Å². The van der Waals surface area contributed by atoms with Crippen molar-refractivity contribution in [2.24, 2.45) is 5.92 Å². The third-order valence-electron chi connectivity index (χ3n) is 8.14. The monoisotopic (exact) mass is 423 g/mol. The van der Waals surface area contributed by atoms with Crippen molar-refractivity contribution in [3.63, 3.8) is 0 Å². The summed E-state index contributed by atoms with van der Waals surface area (Å²) in [4.78, 5) is 33.0. The summed E-state index contributed by atoms with van der Waals surface area (Å²) in [5.74, 6) is 0.718. The first-order valence-electron chi connectivity index (χ1n) is 12.6. The number of benzene rings is 1. The summed E-state index contributed by atoms with van der Waals surface area (Å²) in [5.41, 5.74) is 3.27. The molecule has 2 heterocycles. The van der Waals surface area contributed by atoms with E-state index in [0.717, 1.165) is 70.0 Å². The zero-order chi connectivity index (χ0) is 21.2. The fourth-order valence-electron chi connectivity index (χ4n) is 5.93. The lowest BCUT2D eigenvalue weighted by molar-refractivity contribution is -0.137. The minimum Gasteiger partial charge on any atom is -0.338 e. The quantitative estimate of drug-likeness (QED) is 0.742. The molecule has 168 valence electrons. The van der Waals surface area contributed by atoms with Crippen molar-refractivity contribution < 1.29 is 9.59 Å². The molecule has 5 heteroatoms. The van der Waals surface area contributed by atoms with Crippen LogP contribution in [0.4, 0.5) is 0 Å². The van der Waals surface area contributed by atoms with Crippen LogP contribution in [0.2, 0.25) is 0 Å². The van der Waals surface area contributed by atoms with Gasteiger partial charge in [-0.15, -0.1) is 0 Å². The maximum atomic E-state index is 13.3. The van der Waals surface area contributed by atoms with Crippen LogP contribution in [0.25, 0.3) is 0 Å². The van der Waals surface area contributed by atoms with Gasteiger partial charge in [0, 0.05) is 56.8 Å². The molecule has 0 bridgehead atoms. The predicted octanol–water partition coefficient (Wildman–Crippen LogP) is 3.85. The van der Waals surface area contributed by atoms with E-state index in [9.17, 15) is 9.59 Å². The Bertz CT molecular complexity index is 813. The second-order valence-corrected chi connectivity index (χ2v) is 10.1. The molecule has 0 N–H and O–H groups in total. The number of hydrogen-bond donors (Lipinski definition) is 0. The highest BCUT2D eigenvalue weighted by Gasteiger charge is 2.30. The highest BCUT2D eigenvalue weighted by molar-refractivity contribution is 5.94. The molecule has 2 aliphatic carbocycles. The van der Waals surface area contributed by atoms with E-state index in [2.05, 4.69) is 21.9 Å². The minimum atomic E-state index is 0.161. The second kappa shape index (κ2) is 9.32. The molecular weight excluding hydrogens is 386 g/mol. The minimum absolute atomic E-state index is 0.161. The first-order chi connectivity index (χ1) is 15.2. The lowest BCUT2D eigenvalue weighted by atomic mass is 9.87. The molecule has 0 radical (unpaired) electrons. The van der Waals surface area contributed by atoms with Gasteiger partial charge in [0.2, 0.25) is 5.91 Å². The Labute approximate surface area is 186 Å². The Hall–Kier alpha value is -1.88. The van der Waals surface area contributed by atoms with Crippen molar-refractivity contribution in [3.05, 3.63) is 34.9 Å². The van der Waals surface area contributed by atoms with Gasteiger partial charge in [0.1, 0.15) is 0 Å². The fourth-order valence-corrected chi connectivity index (χ4v) is 5.93. The fraction of sp³-hybridized carbons (Fsp3) is 0.692. The SMILES string of the molecule is O=C(c1ccc2c(c1)CN(C(=O)C1CCCCC1)CC2)N1CCCN(C2CCC2)CC1. The van der Waals surface area contributed by atoms with Crippen LogP contribution in [-0.4, -0.2) is 65.3 Å². The predicted molar refractivity (Wildman–Crippen MR) is 122 cm³/mol. The van der Waals surface area contributed by atoms with Gasteiger partial charge in [0.25, 0.3) is 5.91 Å². The molecular formula is C26H37N3O2. The summed E-state index contributed by atoms with van der Waals surface area (Å²) < 4.78 is 0. The van der Waals surface area contributed by atoms with Crippen LogP contribution in [0.1, 0.15) is 79.3 Å². The van der Waals surface area contributed by atoms with Gasteiger partial charge in [-0.05, 0) is 61.8 Å². The van der Waals surface area contributed by atoms with Crippen molar-refractivity contribution in [2.75, 3.05) is 32.7 Å². The number of nitrogens with zero attached hydrogens (tertiary/aromatic N) is 3. The largest absolute Gasteiger partial charge is 0.338 e. The van der Waals surface area contributed by atoms with E-state index in [4.69, 9.17) is 0 Å². The maximum absolute atomic E-state index is 13.3. The van der Waals surface area contributed by atoms with Crippen LogP contribution < -0.4 is 0 Å². The Balaban J connectivity index is 1.24. The molecule has 5 rings (SSSR count). The van der Waals surface area contributed by atoms with Gasteiger partial charge in [0.15, 0.2) is 0 Å². The number of amides is 2. The van der Waals surface area contributed by atoms with Crippen LogP contribution in [0.3, 0.4) is 0 Å². The van der Waals surface area contributed by atoms with Crippen molar-refractivity contribution in [3.8, 4) is 0 Å². The molecule has 5 nitrogen and oxygen atoms in total. The van der Waals surface area contributed by atoms with Crippen LogP contribution in [0.5, 0.6) is 0 Å². The van der Waals surface area contributed by atoms with Crippen molar-refractivity contribution >= 4 is 11.8 Å². The summed E-state index contributed by atoms with van der Waals surface area (Å²) in [6, 6.07) is 6.97. The molecule has 0 unspecified atom stereocenters. The third kappa shape index (κ3) is 4.52. The van der Waals surface area contributed by atoms with Gasteiger partial charge in [-0.25, -0.2) is 0 Å². The van der Waals surface area contributed by atoms with Crippen LogP contribution in [0.15, 0.2) is 18.2 Å². The van der Waals surface area contributed by atoms with Crippen molar-refractivity contribution in [2.45, 2.75) is 76.8 Å². The van der Waals surface area contributed by atoms with E-state index in [1.54, 1.807) is 0 Å². The molecule has 3 fully saturated rings. The highest BCUT2D eigenvalue weighted by atomic mass is 16.2. The average Bonchev–Trinajstić information content (AvgIpc) is 3.03. The zero-order valence-corrected chi connectivity index (χ0v) is 18.9. The Kier molecular flexibility index (Phi) is 6.31. The first-order valence-corrected chi connectivity index (χ1v) is 12.6. The molecule has 4 aliphatic rings. The molecule has 1 saturated heterocycles. The van der Waals surface area contributed by atoms with E-state index in [0.29, 0.717) is 12.5 Å². The number of fused-ring (bicyclic) bond motifs is 1. The first kappa shape index (κ1) is 21.0. The normalized spacial score (nSPS) is 23.7. The lowest BCUT2D eigenvalue weighted by Crippen LogP contribution is -2.43. The summed E-state index contributed by atoms with van der Waals surface area (Å²) in [5, 5.41) is 0. The van der Waals surface area contributed by atoms with Gasteiger partial charge in [-0.3, -0.25) is 14.5 Å². The van der Waals surface area contributed by atoms with Gasteiger partial charge < -0.3 is 9.80 Å². The Morgan fingerprint density at radius 2 is 1.58 bits per heavy atom. The van der Waals surface area contributed by atoms with Crippen molar-refractivity contribution in [1.82, 2.24) is 14.7 Å². The van der Waals surface area contributed by atoms with E-state index in [1.807, 2.05) is 11.0 Å². The highest BCUT2D eigenvalue weighted by Crippen LogP contribution is 2.29. The summed E-state index contributed by atoms with van der Waals surface area (Å²) >= 11 is 0. The molecule has 1 aromatic rings. The molecule has 2 amide bonds. The standard InChI is InChI=1S/C26H37N3O2/c30-25(21-6-2-1-3-7-21)29-15-12-20-10-11-22(18-23(20)19-29)26(31)28-14-5-13-27(16-17-28)24-8-4-9-24/h10-11,18,21,24H,1-9,12-17,19H2. The number of hydrogen-bond acceptors (Lipinski definition) is 3. The third-order valence-corrected chi connectivity index (χ3v) is 8.14. The molecule has 0 aromatic heterocycles. The smallest absolute Gasteiger partial charge is 0.253 e. The Morgan fingerprint density at radius 1 is 0.742 bits per heavy atom. The van der Waals surface area contributed by atoms with Crippen LogP contribution in [0, 0.1) is 5.92 Å². The van der Waals surface area contributed by atoms with Gasteiger partial charge in [-0.1, -0.05) is 31.7 Å². The molecule has 1 aromatic carbocycles. The lowest BCUT2D eigenvalue weighted by Gasteiger charge is -2.36. The summed E-state index contributed by atoms with van der Waals surface area (Å²) in [6.45, 7) is 5.30. The van der Waals surface area contributed by atoms with Gasteiger partial charge >= 0.3 is 0 Å². The van der Waals surface area contributed by atoms with E-state index < -0.39 is 0 Å². The average molecular weight is 424 g/mol. The molecule has 0 spiro atoms. The van der Waals surface area contributed by atoms with E-state index in [-0.39, 0.29) is 11.8 Å². The number of carbonyl (C=O) groups excluding carboxylic acids is 2. The van der Waals surface area contributed by atoms with E-state index >= 15 is 0 Å². The molecule has 0 atom stereocenters. The Morgan fingerprint density at radius 3 is 2.35 bits per heavy atom. The molecule has 2 aliphatic heterocycles. The number of carbonyl (C=O) groups is 2. The molecule has 2 saturated carbocycles. The van der Waals surface area contributed by atoms with Crippen molar-refractivity contribution in [1.29, 1.82) is 0 Å². The zero-order valence-electron chi connectivity index (χ0n) is 18.9. The second-order valence-electron chi connectivity index (χ2n) is 10.1. The van der Waals surface area contributed by atoms with Crippen LogP contribution in [-0.2, 0) is 17.8 Å². The molecule has 31 heavy (non-hydrogen) atoms. The van der Waals surface area contributed by atoms with E-state index in [1.165, 1.54) is 49.7 Å². The summed E-state index contributed by atoms with van der Waals surface area (Å²) in [7, 11) is 0. The van der Waals surface area contributed by atoms with Crippen LogP contribution >= 0.6 is 0 Å². The van der Waals surface area contributed by atoms with Gasteiger partial charge in [-0.2, -0.15) is 0 Å². The van der Waals surface area contributed by atoms with Gasteiger partial charge in [0.05, 0.1) is 0 Å².